The number of unbranched alkanes of at least 4 members (excludes halogenated alkanes) is 18. The lowest BCUT2D eigenvalue weighted by Crippen LogP contribution is -2.08. The molecule has 0 aromatic heterocycles. The first-order valence-electron chi connectivity index (χ1n) is 12.9. The zero-order chi connectivity index (χ0) is 20.5. The molecule has 0 saturated heterocycles. The van der Waals surface area contributed by atoms with Gasteiger partial charge in [-0.2, -0.15) is 0 Å². The number of hydrogen-bond acceptors (Lipinski definition) is 2. The van der Waals surface area contributed by atoms with Gasteiger partial charge in [-0.05, 0) is 12.8 Å². The van der Waals surface area contributed by atoms with Crippen LogP contribution in [-0.4, -0.2) is 11.0 Å². The molecule has 1 unspecified atom stereocenters. The smallest absolute Gasteiger partial charge is 0.152 e. The largest absolute Gasteiger partial charge is 0.352 e. The third-order valence-electron chi connectivity index (χ3n) is 5.98. The summed E-state index contributed by atoms with van der Waals surface area (Å²) in [4.78, 5) is 9.16. The lowest BCUT2D eigenvalue weighted by Gasteiger charge is -2.16. The summed E-state index contributed by atoms with van der Waals surface area (Å²) in [6, 6.07) is 0. The maximum atomic E-state index is 9.16. The molecule has 1 atom stereocenters. The van der Waals surface area contributed by atoms with Crippen LogP contribution in [0, 0.1) is 0 Å². The predicted octanol–water partition coefficient (Wildman–Crippen LogP) is 9.49. The molecule has 2 nitrogen and oxygen atoms in total. The first-order valence-corrected chi connectivity index (χ1v) is 13.7. The van der Waals surface area contributed by atoms with Crippen molar-refractivity contribution in [2.24, 2.45) is 0 Å². The van der Waals surface area contributed by atoms with Crippen molar-refractivity contribution in [1.29, 1.82) is 0 Å². The molecule has 0 radical (unpaired) electrons. The van der Waals surface area contributed by atoms with E-state index >= 15 is 0 Å². The van der Waals surface area contributed by atoms with Gasteiger partial charge < -0.3 is 9.42 Å². The van der Waals surface area contributed by atoms with Crippen molar-refractivity contribution in [1.82, 2.24) is 0 Å². The zero-order valence-corrected chi connectivity index (χ0v) is 20.5. The molecule has 0 heterocycles. The Labute approximate surface area is 179 Å². The SMILES string of the molecule is CCCCCCCCCCCCC(CCCCCCCCCCCC)OPO. The van der Waals surface area contributed by atoms with Crippen LogP contribution in [0.2, 0.25) is 0 Å². The molecule has 0 saturated carbocycles. The van der Waals surface area contributed by atoms with E-state index < -0.39 is 0 Å². The van der Waals surface area contributed by atoms with Crippen molar-refractivity contribution in [3.63, 3.8) is 0 Å². The number of hydrogen-bond donors (Lipinski definition) is 1. The topological polar surface area (TPSA) is 29.5 Å². The van der Waals surface area contributed by atoms with E-state index in [9.17, 15) is 0 Å². The lowest BCUT2D eigenvalue weighted by molar-refractivity contribution is 0.182. The highest BCUT2D eigenvalue weighted by Crippen LogP contribution is 2.22. The van der Waals surface area contributed by atoms with Crippen LogP contribution in [0.15, 0.2) is 0 Å². The van der Waals surface area contributed by atoms with Gasteiger partial charge in [0, 0.05) is 0 Å². The molecule has 0 aliphatic rings. The Hall–Kier alpha value is 0.350. The molecule has 3 heteroatoms. The second kappa shape index (κ2) is 25.4. The Bertz CT molecular complexity index is 249. The highest BCUT2D eigenvalue weighted by atomic mass is 31.1. The van der Waals surface area contributed by atoms with Crippen LogP contribution in [0.25, 0.3) is 0 Å². The van der Waals surface area contributed by atoms with Gasteiger partial charge in [0.25, 0.3) is 0 Å². The molecular weight excluding hydrogens is 363 g/mol. The van der Waals surface area contributed by atoms with Gasteiger partial charge in [0.1, 0.15) is 0 Å². The van der Waals surface area contributed by atoms with Gasteiger partial charge in [0.2, 0.25) is 0 Å². The van der Waals surface area contributed by atoms with Gasteiger partial charge in [-0.25, -0.2) is 0 Å². The van der Waals surface area contributed by atoms with Gasteiger partial charge in [0.05, 0.1) is 6.10 Å². The van der Waals surface area contributed by atoms with Gasteiger partial charge in [-0.1, -0.05) is 142 Å². The first-order chi connectivity index (χ1) is 13.8. The van der Waals surface area contributed by atoms with E-state index in [0.29, 0.717) is 6.10 Å². The van der Waals surface area contributed by atoms with Crippen LogP contribution in [0.4, 0.5) is 0 Å². The Morgan fingerprint density at radius 2 is 0.786 bits per heavy atom. The summed E-state index contributed by atoms with van der Waals surface area (Å²) in [6.07, 6.45) is 30.2. The van der Waals surface area contributed by atoms with E-state index in [0.717, 1.165) is 12.8 Å². The summed E-state index contributed by atoms with van der Waals surface area (Å²) in [5.74, 6) is 0. The minimum atomic E-state index is -0.339. The minimum Gasteiger partial charge on any atom is -0.352 e. The van der Waals surface area contributed by atoms with Gasteiger partial charge in [-0.15, -0.1) is 0 Å². The van der Waals surface area contributed by atoms with Crippen LogP contribution in [-0.2, 0) is 4.52 Å². The predicted molar refractivity (Wildman–Crippen MR) is 128 cm³/mol. The summed E-state index contributed by atoms with van der Waals surface area (Å²) >= 11 is 0. The summed E-state index contributed by atoms with van der Waals surface area (Å²) in [5.41, 5.74) is 0. The van der Waals surface area contributed by atoms with Crippen molar-refractivity contribution >= 4 is 9.03 Å². The Morgan fingerprint density at radius 1 is 0.500 bits per heavy atom. The average Bonchev–Trinajstić information content (AvgIpc) is 2.70. The van der Waals surface area contributed by atoms with E-state index in [1.807, 2.05) is 0 Å². The lowest BCUT2D eigenvalue weighted by atomic mass is 10.0. The molecule has 0 aromatic rings. The van der Waals surface area contributed by atoms with Crippen LogP contribution in [0.3, 0.4) is 0 Å². The van der Waals surface area contributed by atoms with Crippen LogP contribution in [0.1, 0.15) is 155 Å². The van der Waals surface area contributed by atoms with Crippen LogP contribution >= 0.6 is 9.03 Å². The van der Waals surface area contributed by atoms with E-state index in [1.165, 1.54) is 128 Å². The fourth-order valence-corrected chi connectivity index (χ4v) is 4.44. The normalized spacial score (nSPS) is 12.0. The summed E-state index contributed by atoms with van der Waals surface area (Å²) < 4.78 is 5.59. The maximum Gasteiger partial charge on any atom is 0.152 e. The van der Waals surface area contributed by atoms with Crippen molar-refractivity contribution < 1.29 is 9.42 Å². The first kappa shape index (κ1) is 28.4. The molecule has 0 aromatic carbocycles. The van der Waals surface area contributed by atoms with E-state index in [-0.39, 0.29) is 9.03 Å². The Morgan fingerprint density at radius 3 is 1.07 bits per heavy atom. The Balaban J connectivity index is 3.41. The molecule has 0 amide bonds. The summed E-state index contributed by atoms with van der Waals surface area (Å²) in [5, 5.41) is 0. The van der Waals surface area contributed by atoms with Crippen LogP contribution < -0.4 is 0 Å². The van der Waals surface area contributed by atoms with Crippen LogP contribution in [0.5, 0.6) is 0 Å². The van der Waals surface area contributed by atoms with E-state index in [1.54, 1.807) is 0 Å². The van der Waals surface area contributed by atoms with Crippen molar-refractivity contribution in [2.45, 2.75) is 161 Å². The van der Waals surface area contributed by atoms with E-state index in [4.69, 9.17) is 9.42 Å². The molecule has 0 bridgehead atoms. The fourth-order valence-electron chi connectivity index (χ4n) is 4.06. The van der Waals surface area contributed by atoms with E-state index in [2.05, 4.69) is 13.8 Å². The molecule has 1 N–H and O–H groups in total. The average molecular weight is 417 g/mol. The molecule has 170 valence electrons. The standard InChI is InChI=1S/C25H53O2P/c1-3-5-7-9-11-13-15-17-19-21-23-25(27-28-26)24-22-20-18-16-14-12-10-8-6-4-2/h25-26,28H,3-24H2,1-2H3. The highest BCUT2D eigenvalue weighted by molar-refractivity contribution is 7.25. The van der Waals surface area contributed by atoms with Crippen molar-refractivity contribution in [3.8, 4) is 0 Å². The second-order valence-electron chi connectivity index (χ2n) is 8.77. The monoisotopic (exact) mass is 416 g/mol. The molecule has 0 spiro atoms. The summed E-state index contributed by atoms with van der Waals surface area (Å²) in [6.45, 7) is 4.56. The molecular formula is C25H53O2P. The zero-order valence-electron chi connectivity index (χ0n) is 19.5. The van der Waals surface area contributed by atoms with Crippen molar-refractivity contribution in [3.05, 3.63) is 0 Å². The van der Waals surface area contributed by atoms with Gasteiger partial charge in [0.15, 0.2) is 9.03 Å². The molecule has 0 aliphatic heterocycles. The third kappa shape index (κ3) is 22.6. The highest BCUT2D eigenvalue weighted by Gasteiger charge is 2.08. The summed E-state index contributed by atoms with van der Waals surface area (Å²) in [7, 11) is -0.339. The molecule has 0 aliphatic carbocycles. The van der Waals surface area contributed by atoms with Crippen molar-refractivity contribution in [2.75, 3.05) is 0 Å². The van der Waals surface area contributed by atoms with Gasteiger partial charge >= 0.3 is 0 Å². The van der Waals surface area contributed by atoms with Gasteiger partial charge in [-0.3, -0.25) is 0 Å². The second-order valence-corrected chi connectivity index (χ2v) is 9.19. The number of rotatable bonds is 24. The maximum absolute atomic E-state index is 9.16. The minimum absolute atomic E-state index is 0.298. The molecule has 0 rings (SSSR count). The fraction of sp³-hybridized carbons (Fsp3) is 1.00. The molecule has 28 heavy (non-hydrogen) atoms. The quantitative estimate of drug-likeness (QED) is 0.125. The Kier molecular flexibility index (Phi) is 25.7. The molecule has 0 fully saturated rings. The third-order valence-corrected chi connectivity index (χ3v) is 6.42.